The molecule has 1 saturated heterocycles. The van der Waals surface area contributed by atoms with Crippen LogP contribution in [0.15, 0.2) is 12.1 Å². The van der Waals surface area contributed by atoms with E-state index in [1.165, 1.54) is 37.1 Å². The highest BCUT2D eigenvalue weighted by atomic mass is 15.2. The lowest BCUT2D eigenvalue weighted by Crippen LogP contribution is -2.38. The van der Waals surface area contributed by atoms with Crippen molar-refractivity contribution >= 4 is 5.82 Å². The van der Waals surface area contributed by atoms with Crippen LogP contribution in [-0.4, -0.2) is 29.5 Å². The fourth-order valence-corrected chi connectivity index (χ4v) is 2.97. The van der Waals surface area contributed by atoms with Crippen LogP contribution in [0.5, 0.6) is 0 Å². The number of hydrogen-bond donors (Lipinski definition) is 1. The second-order valence-corrected chi connectivity index (χ2v) is 5.46. The predicted octanol–water partition coefficient (Wildman–Crippen LogP) is 3.37. The van der Waals surface area contributed by atoms with Crippen LogP contribution in [0.4, 0.5) is 5.82 Å². The molecular weight excluding hydrogens is 222 g/mol. The van der Waals surface area contributed by atoms with E-state index in [1.807, 2.05) is 7.05 Å². The van der Waals surface area contributed by atoms with Crippen molar-refractivity contribution in [2.75, 3.05) is 18.9 Å². The van der Waals surface area contributed by atoms with Gasteiger partial charge in [0.1, 0.15) is 5.82 Å². The third-order valence-corrected chi connectivity index (χ3v) is 3.95. The number of nitrogens with zero attached hydrogens (tertiary/aromatic N) is 2. The maximum atomic E-state index is 4.62. The van der Waals surface area contributed by atoms with Crippen molar-refractivity contribution in [3.63, 3.8) is 0 Å². The molecule has 1 atom stereocenters. The van der Waals surface area contributed by atoms with Gasteiger partial charge in [-0.05, 0) is 51.8 Å². The van der Waals surface area contributed by atoms with Crippen LogP contribution in [0.25, 0.3) is 0 Å². The van der Waals surface area contributed by atoms with Gasteiger partial charge < -0.3 is 5.32 Å². The highest BCUT2D eigenvalue weighted by Crippen LogP contribution is 2.33. The molecule has 1 aliphatic rings. The number of anilines is 1. The van der Waals surface area contributed by atoms with Crippen molar-refractivity contribution in [2.45, 2.75) is 52.1 Å². The molecule has 0 aromatic carbocycles. The summed E-state index contributed by atoms with van der Waals surface area (Å²) in [5.41, 5.74) is 2.57. The molecule has 1 aromatic rings. The monoisotopic (exact) mass is 247 g/mol. The van der Waals surface area contributed by atoms with Crippen molar-refractivity contribution in [3.8, 4) is 0 Å². The predicted molar refractivity (Wildman–Crippen MR) is 77.0 cm³/mol. The fourth-order valence-electron chi connectivity index (χ4n) is 2.97. The Bertz CT molecular complexity index is 401. The van der Waals surface area contributed by atoms with Gasteiger partial charge in [-0.15, -0.1) is 0 Å². The van der Waals surface area contributed by atoms with Crippen molar-refractivity contribution in [1.29, 1.82) is 0 Å². The Morgan fingerprint density at radius 3 is 2.72 bits per heavy atom. The normalized spacial score (nSPS) is 21.3. The van der Waals surface area contributed by atoms with E-state index in [2.05, 4.69) is 48.1 Å². The number of nitrogens with one attached hydrogen (secondary N) is 1. The summed E-state index contributed by atoms with van der Waals surface area (Å²) in [5, 5.41) is 3.11. The highest BCUT2D eigenvalue weighted by Gasteiger charge is 2.27. The van der Waals surface area contributed by atoms with E-state index in [9.17, 15) is 0 Å². The molecule has 3 heteroatoms. The Morgan fingerprint density at radius 2 is 2.11 bits per heavy atom. The number of pyridine rings is 1. The summed E-state index contributed by atoms with van der Waals surface area (Å²) in [4.78, 5) is 7.24. The van der Waals surface area contributed by atoms with Crippen LogP contribution in [-0.2, 0) is 0 Å². The van der Waals surface area contributed by atoms with Crippen LogP contribution in [0.3, 0.4) is 0 Å². The Labute approximate surface area is 111 Å². The molecule has 0 saturated carbocycles. The first-order valence-electron chi connectivity index (χ1n) is 7.04. The molecule has 1 unspecified atom stereocenters. The number of likely N-dealkylation sites (tertiary alicyclic amines) is 1. The lowest BCUT2D eigenvalue weighted by Gasteiger charge is -2.39. The minimum Gasteiger partial charge on any atom is -0.373 e. The van der Waals surface area contributed by atoms with Crippen molar-refractivity contribution in [2.24, 2.45) is 0 Å². The zero-order valence-corrected chi connectivity index (χ0v) is 12.0. The summed E-state index contributed by atoms with van der Waals surface area (Å²) in [5.74, 6) is 0.961. The molecule has 1 aromatic heterocycles. The zero-order valence-electron chi connectivity index (χ0n) is 12.0. The molecule has 1 fully saturated rings. The molecule has 2 rings (SSSR count). The van der Waals surface area contributed by atoms with E-state index < -0.39 is 0 Å². The average molecular weight is 247 g/mol. The first-order chi connectivity index (χ1) is 8.63. The second-order valence-electron chi connectivity index (χ2n) is 5.46. The minimum atomic E-state index is 0.553. The van der Waals surface area contributed by atoms with Gasteiger partial charge in [-0.25, -0.2) is 4.98 Å². The molecule has 2 heterocycles. The summed E-state index contributed by atoms with van der Waals surface area (Å²) >= 11 is 0. The third-order valence-electron chi connectivity index (χ3n) is 3.95. The Morgan fingerprint density at radius 1 is 1.33 bits per heavy atom. The topological polar surface area (TPSA) is 28.2 Å². The smallest absolute Gasteiger partial charge is 0.125 e. The lowest BCUT2D eigenvalue weighted by molar-refractivity contribution is 0.111. The van der Waals surface area contributed by atoms with Crippen LogP contribution >= 0.6 is 0 Å². The number of hydrogen-bond acceptors (Lipinski definition) is 3. The molecule has 0 amide bonds. The van der Waals surface area contributed by atoms with E-state index in [0.29, 0.717) is 12.1 Å². The molecule has 0 bridgehead atoms. The Hall–Kier alpha value is -1.09. The van der Waals surface area contributed by atoms with Gasteiger partial charge in [0.15, 0.2) is 0 Å². The third kappa shape index (κ3) is 2.66. The molecule has 18 heavy (non-hydrogen) atoms. The van der Waals surface area contributed by atoms with Gasteiger partial charge >= 0.3 is 0 Å². The Balaban J connectivity index is 2.28. The van der Waals surface area contributed by atoms with Crippen molar-refractivity contribution in [3.05, 3.63) is 23.4 Å². The molecule has 100 valence electrons. The summed E-state index contributed by atoms with van der Waals surface area (Å²) in [6, 6.07) is 5.51. The average Bonchev–Trinajstić information content (AvgIpc) is 2.38. The maximum Gasteiger partial charge on any atom is 0.125 e. The first kappa shape index (κ1) is 13.3. The first-order valence-corrected chi connectivity index (χ1v) is 7.04. The summed E-state index contributed by atoms with van der Waals surface area (Å²) in [6.07, 6.45) is 3.93. The van der Waals surface area contributed by atoms with E-state index >= 15 is 0 Å². The number of rotatable bonds is 3. The maximum absolute atomic E-state index is 4.62. The van der Waals surface area contributed by atoms with Gasteiger partial charge in [-0.1, -0.05) is 12.5 Å². The molecule has 1 N–H and O–H groups in total. The van der Waals surface area contributed by atoms with Crippen LogP contribution in [0.1, 0.15) is 50.4 Å². The second kappa shape index (κ2) is 5.70. The molecule has 0 radical (unpaired) electrons. The van der Waals surface area contributed by atoms with Gasteiger partial charge in [-0.3, -0.25) is 4.90 Å². The zero-order chi connectivity index (χ0) is 13.1. The quantitative estimate of drug-likeness (QED) is 0.887. The summed E-state index contributed by atoms with van der Waals surface area (Å²) in [6.45, 7) is 7.94. The number of aromatic nitrogens is 1. The Kier molecular flexibility index (Phi) is 4.23. The molecule has 0 aliphatic carbocycles. The summed E-state index contributed by atoms with van der Waals surface area (Å²) in [7, 11) is 1.92. The standard InChI is InChI=1S/C15H25N3/c1-11(2)18-10-6-5-7-14(18)13-8-9-15(16-4)17-12(13)3/h8-9,11,14H,5-7,10H2,1-4H3,(H,16,17). The van der Waals surface area contributed by atoms with Gasteiger partial charge in [0.2, 0.25) is 0 Å². The minimum absolute atomic E-state index is 0.553. The molecule has 1 aliphatic heterocycles. The SMILES string of the molecule is CNc1ccc(C2CCCCN2C(C)C)c(C)n1. The van der Waals surface area contributed by atoms with E-state index in [4.69, 9.17) is 0 Å². The summed E-state index contributed by atoms with van der Waals surface area (Å²) < 4.78 is 0. The van der Waals surface area contributed by atoms with Gasteiger partial charge in [0, 0.05) is 24.8 Å². The van der Waals surface area contributed by atoms with E-state index in [1.54, 1.807) is 0 Å². The molecular formula is C15H25N3. The van der Waals surface area contributed by atoms with E-state index in [-0.39, 0.29) is 0 Å². The van der Waals surface area contributed by atoms with Crippen LogP contribution in [0.2, 0.25) is 0 Å². The van der Waals surface area contributed by atoms with E-state index in [0.717, 1.165) is 5.82 Å². The van der Waals surface area contributed by atoms with Crippen molar-refractivity contribution in [1.82, 2.24) is 9.88 Å². The molecule has 0 spiro atoms. The number of aryl methyl sites for hydroxylation is 1. The van der Waals surface area contributed by atoms with Crippen LogP contribution < -0.4 is 5.32 Å². The fraction of sp³-hybridized carbons (Fsp3) is 0.667. The highest BCUT2D eigenvalue weighted by molar-refractivity contribution is 5.39. The number of piperidine rings is 1. The van der Waals surface area contributed by atoms with Gasteiger partial charge in [-0.2, -0.15) is 0 Å². The van der Waals surface area contributed by atoms with Crippen molar-refractivity contribution < 1.29 is 0 Å². The van der Waals surface area contributed by atoms with Gasteiger partial charge in [0.05, 0.1) is 0 Å². The largest absolute Gasteiger partial charge is 0.373 e. The molecule has 3 nitrogen and oxygen atoms in total. The lowest BCUT2D eigenvalue weighted by atomic mass is 9.93. The van der Waals surface area contributed by atoms with Crippen LogP contribution in [0, 0.1) is 6.92 Å². The van der Waals surface area contributed by atoms with Gasteiger partial charge in [0.25, 0.3) is 0 Å².